The Labute approximate surface area is 107 Å². The summed E-state index contributed by atoms with van der Waals surface area (Å²) in [5.74, 6) is 0. The van der Waals surface area contributed by atoms with Crippen LogP contribution in [0, 0.1) is 6.92 Å². The van der Waals surface area contributed by atoms with E-state index in [4.69, 9.17) is 0 Å². The van der Waals surface area contributed by atoms with Gasteiger partial charge in [0.25, 0.3) is 0 Å². The first-order chi connectivity index (χ1) is 7.58. The van der Waals surface area contributed by atoms with E-state index in [0.29, 0.717) is 6.04 Å². The molecule has 0 amide bonds. The molecule has 1 unspecified atom stereocenters. The van der Waals surface area contributed by atoms with Crippen LogP contribution in [0.15, 0.2) is 34.8 Å². The molecule has 1 nitrogen and oxygen atoms in total. The van der Waals surface area contributed by atoms with Gasteiger partial charge in [-0.25, -0.2) is 0 Å². The standard InChI is InChI=1S/C14H20BrN/c1-5-10(2)8-14(16-4)13-9-12(15)7-6-11(13)3/h6-7,9,14,16H,2,5,8H2,1,3-4H3. The first-order valence-electron chi connectivity index (χ1n) is 5.68. The highest BCUT2D eigenvalue weighted by Crippen LogP contribution is 2.26. The lowest BCUT2D eigenvalue weighted by Crippen LogP contribution is -2.18. The topological polar surface area (TPSA) is 12.0 Å². The molecule has 1 rings (SSSR count). The van der Waals surface area contributed by atoms with Gasteiger partial charge in [-0.1, -0.05) is 41.1 Å². The molecule has 1 aromatic carbocycles. The van der Waals surface area contributed by atoms with Gasteiger partial charge in [0.2, 0.25) is 0 Å². The molecule has 16 heavy (non-hydrogen) atoms. The van der Waals surface area contributed by atoms with Gasteiger partial charge in [-0.3, -0.25) is 0 Å². The maximum Gasteiger partial charge on any atom is 0.0358 e. The minimum absolute atomic E-state index is 0.366. The van der Waals surface area contributed by atoms with Crippen molar-refractivity contribution in [1.82, 2.24) is 5.32 Å². The fourth-order valence-electron chi connectivity index (χ4n) is 1.79. The van der Waals surface area contributed by atoms with E-state index in [0.717, 1.165) is 17.3 Å². The summed E-state index contributed by atoms with van der Waals surface area (Å²) in [6.45, 7) is 8.40. The normalized spacial score (nSPS) is 12.5. The van der Waals surface area contributed by atoms with Crippen molar-refractivity contribution in [2.45, 2.75) is 32.7 Å². The second-order valence-corrected chi connectivity index (χ2v) is 5.07. The maximum absolute atomic E-state index is 4.09. The first-order valence-corrected chi connectivity index (χ1v) is 6.47. The zero-order chi connectivity index (χ0) is 12.1. The van der Waals surface area contributed by atoms with Crippen LogP contribution in [0.25, 0.3) is 0 Å². The molecule has 0 radical (unpaired) electrons. The van der Waals surface area contributed by atoms with Crippen molar-refractivity contribution in [3.8, 4) is 0 Å². The summed E-state index contributed by atoms with van der Waals surface area (Å²) in [7, 11) is 2.01. The summed E-state index contributed by atoms with van der Waals surface area (Å²) in [5.41, 5.74) is 3.97. The van der Waals surface area contributed by atoms with Crippen LogP contribution in [0.1, 0.15) is 36.9 Å². The van der Waals surface area contributed by atoms with E-state index in [2.05, 4.69) is 59.9 Å². The molecule has 0 heterocycles. The van der Waals surface area contributed by atoms with Crippen molar-refractivity contribution in [3.63, 3.8) is 0 Å². The molecule has 0 bridgehead atoms. The first kappa shape index (κ1) is 13.5. The van der Waals surface area contributed by atoms with E-state index in [9.17, 15) is 0 Å². The van der Waals surface area contributed by atoms with Crippen LogP contribution in [0.2, 0.25) is 0 Å². The van der Waals surface area contributed by atoms with Gasteiger partial charge >= 0.3 is 0 Å². The van der Waals surface area contributed by atoms with Crippen molar-refractivity contribution in [2.24, 2.45) is 0 Å². The largest absolute Gasteiger partial charge is 0.313 e. The number of hydrogen-bond donors (Lipinski definition) is 1. The van der Waals surface area contributed by atoms with E-state index in [1.807, 2.05) is 7.05 Å². The second kappa shape index (κ2) is 6.21. The van der Waals surface area contributed by atoms with Crippen molar-refractivity contribution in [1.29, 1.82) is 0 Å². The van der Waals surface area contributed by atoms with Crippen molar-refractivity contribution in [2.75, 3.05) is 7.05 Å². The molecule has 1 N–H and O–H groups in total. The fourth-order valence-corrected chi connectivity index (χ4v) is 2.17. The number of aryl methyl sites for hydroxylation is 1. The summed E-state index contributed by atoms with van der Waals surface area (Å²) in [4.78, 5) is 0. The van der Waals surface area contributed by atoms with Gasteiger partial charge in [0.1, 0.15) is 0 Å². The van der Waals surface area contributed by atoms with Crippen LogP contribution in [0.4, 0.5) is 0 Å². The Bertz CT molecular complexity index is 371. The van der Waals surface area contributed by atoms with E-state index in [1.165, 1.54) is 16.7 Å². The molecule has 2 heteroatoms. The highest BCUT2D eigenvalue weighted by Gasteiger charge is 2.12. The lowest BCUT2D eigenvalue weighted by Gasteiger charge is -2.20. The minimum atomic E-state index is 0.366. The molecule has 88 valence electrons. The Morgan fingerprint density at radius 3 is 2.75 bits per heavy atom. The Kier molecular flexibility index (Phi) is 5.23. The molecule has 0 aromatic heterocycles. The molecule has 0 saturated carbocycles. The van der Waals surface area contributed by atoms with Gasteiger partial charge in [-0.2, -0.15) is 0 Å². The summed E-state index contributed by atoms with van der Waals surface area (Å²) in [6.07, 6.45) is 2.05. The third-order valence-electron chi connectivity index (χ3n) is 2.96. The lowest BCUT2D eigenvalue weighted by molar-refractivity contribution is 0.579. The molecule has 0 saturated heterocycles. The highest BCUT2D eigenvalue weighted by molar-refractivity contribution is 9.10. The zero-order valence-electron chi connectivity index (χ0n) is 10.3. The smallest absolute Gasteiger partial charge is 0.0358 e. The number of rotatable bonds is 5. The minimum Gasteiger partial charge on any atom is -0.313 e. The fraction of sp³-hybridized carbons (Fsp3) is 0.429. The second-order valence-electron chi connectivity index (χ2n) is 4.15. The molecular formula is C14H20BrN. The Balaban J connectivity index is 2.94. The lowest BCUT2D eigenvalue weighted by atomic mass is 9.95. The number of hydrogen-bond acceptors (Lipinski definition) is 1. The summed E-state index contributed by atoms with van der Waals surface area (Å²) < 4.78 is 1.13. The molecule has 1 aromatic rings. The number of halogens is 1. The van der Waals surface area contributed by atoms with Gasteiger partial charge in [0.05, 0.1) is 0 Å². The quantitative estimate of drug-likeness (QED) is 0.790. The number of nitrogens with one attached hydrogen (secondary N) is 1. The molecule has 0 spiro atoms. The molecule has 0 aliphatic carbocycles. The van der Waals surface area contributed by atoms with E-state index in [-0.39, 0.29) is 0 Å². The van der Waals surface area contributed by atoms with Gasteiger partial charge in [-0.05, 0) is 50.1 Å². The Hall–Kier alpha value is -0.600. The predicted molar refractivity (Wildman–Crippen MR) is 74.7 cm³/mol. The summed E-state index contributed by atoms with van der Waals surface area (Å²) >= 11 is 3.53. The van der Waals surface area contributed by atoms with Crippen LogP contribution in [-0.4, -0.2) is 7.05 Å². The van der Waals surface area contributed by atoms with Crippen molar-refractivity contribution in [3.05, 3.63) is 46.0 Å². The molecule has 0 aliphatic heterocycles. The van der Waals surface area contributed by atoms with Crippen LogP contribution in [-0.2, 0) is 0 Å². The van der Waals surface area contributed by atoms with Gasteiger partial charge in [0, 0.05) is 10.5 Å². The zero-order valence-corrected chi connectivity index (χ0v) is 11.9. The Morgan fingerprint density at radius 2 is 2.19 bits per heavy atom. The third-order valence-corrected chi connectivity index (χ3v) is 3.45. The SMILES string of the molecule is C=C(CC)CC(NC)c1cc(Br)ccc1C. The average molecular weight is 282 g/mol. The highest BCUT2D eigenvalue weighted by atomic mass is 79.9. The maximum atomic E-state index is 4.09. The molecule has 0 aliphatic rings. The third kappa shape index (κ3) is 3.46. The average Bonchev–Trinajstić information content (AvgIpc) is 2.29. The van der Waals surface area contributed by atoms with Crippen LogP contribution >= 0.6 is 15.9 Å². The summed E-state index contributed by atoms with van der Waals surface area (Å²) in [5, 5.41) is 3.37. The van der Waals surface area contributed by atoms with Crippen LogP contribution in [0.5, 0.6) is 0 Å². The van der Waals surface area contributed by atoms with Crippen molar-refractivity contribution >= 4 is 15.9 Å². The molecule has 1 atom stereocenters. The summed E-state index contributed by atoms with van der Waals surface area (Å²) in [6, 6.07) is 6.79. The van der Waals surface area contributed by atoms with Gasteiger partial charge < -0.3 is 5.32 Å². The number of benzene rings is 1. The van der Waals surface area contributed by atoms with Crippen LogP contribution < -0.4 is 5.32 Å². The van der Waals surface area contributed by atoms with E-state index < -0.39 is 0 Å². The predicted octanol–water partition coefficient (Wildman–Crippen LogP) is 4.37. The van der Waals surface area contributed by atoms with E-state index >= 15 is 0 Å². The monoisotopic (exact) mass is 281 g/mol. The van der Waals surface area contributed by atoms with E-state index in [1.54, 1.807) is 0 Å². The van der Waals surface area contributed by atoms with Gasteiger partial charge in [-0.15, -0.1) is 0 Å². The molecular weight excluding hydrogens is 262 g/mol. The molecule has 0 fully saturated rings. The van der Waals surface area contributed by atoms with Crippen LogP contribution in [0.3, 0.4) is 0 Å². The van der Waals surface area contributed by atoms with Gasteiger partial charge in [0.15, 0.2) is 0 Å². The van der Waals surface area contributed by atoms with Crippen molar-refractivity contribution < 1.29 is 0 Å². The Morgan fingerprint density at radius 1 is 1.50 bits per heavy atom.